The second-order valence-electron chi connectivity index (χ2n) is 11.8. The van der Waals surface area contributed by atoms with Gasteiger partial charge in [0.15, 0.2) is 0 Å². The zero-order valence-electron chi connectivity index (χ0n) is 18.7. The Morgan fingerprint density at radius 1 is 1.06 bits per heavy atom. The quantitative estimate of drug-likeness (QED) is 0.570. The maximum absolute atomic E-state index is 6.52. The molecule has 0 radical (unpaired) electrons. The summed E-state index contributed by atoms with van der Waals surface area (Å²) in [5, 5.41) is 2.60. The van der Waals surface area contributed by atoms with Crippen molar-refractivity contribution in [1.82, 2.24) is 4.98 Å². The largest absolute Gasteiger partial charge is 0.328 e. The minimum absolute atomic E-state index is 0.368. The zero-order chi connectivity index (χ0) is 20.8. The molecule has 0 amide bonds. The molecule has 1 aromatic carbocycles. The van der Waals surface area contributed by atoms with Gasteiger partial charge in [0.25, 0.3) is 0 Å². The summed E-state index contributed by atoms with van der Waals surface area (Å²) in [6, 6.07) is 9.70. The Morgan fingerprint density at radius 3 is 2.94 bits per heavy atom. The summed E-state index contributed by atoms with van der Waals surface area (Å²) >= 11 is 0. The number of fused-ring (bicyclic) bond motifs is 2. The van der Waals surface area contributed by atoms with E-state index in [1.54, 1.807) is 11.1 Å². The second-order valence-corrected chi connectivity index (χ2v) is 11.8. The van der Waals surface area contributed by atoms with E-state index in [2.05, 4.69) is 48.3 Å². The summed E-state index contributed by atoms with van der Waals surface area (Å²) in [7, 11) is 0. The molecular formula is C29H34N2. The Kier molecular flexibility index (Phi) is 3.66. The van der Waals surface area contributed by atoms with Crippen LogP contribution in [0.15, 0.2) is 60.0 Å². The summed E-state index contributed by atoms with van der Waals surface area (Å²) in [4.78, 5) is 4.38. The van der Waals surface area contributed by atoms with Gasteiger partial charge in [0.1, 0.15) is 0 Å². The Bertz CT molecular complexity index is 1140. The third-order valence-corrected chi connectivity index (χ3v) is 10.6. The average Bonchev–Trinajstić information content (AvgIpc) is 3.28. The van der Waals surface area contributed by atoms with Gasteiger partial charge < -0.3 is 5.73 Å². The fraction of sp³-hybridized carbons (Fsp3) is 0.552. The molecule has 2 aromatic rings. The SMILES string of the molecule is C[C@]12CC=C3C=C4CC[C@@H](N)C[C@]45CC[C@]3(C5)[C@@H]1CC[C@@H]2c1ccc2ccncc2c1. The topological polar surface area (TPSA) is 38.9 Å². The van der Waals surface area contributed by atoms with Crippen molar-refractivity contribution in [1.29, 1.82) is 0 Å². The van der Waals surface area contributed by atoms with Gasteiger partial charge in [0.05, 0.1) is 0 Å². The van der Waals surface area contributed by atoms with E-state index < -0.39 is 0 Å². The molecular weight excluding hydrogens is 376 g/mol. The molecule has 160 valence electrons. The molecule has 3 saturated carbocycles. The molecule has 0 aliphatic heterocycles. The predicted molar refractivity (Wildman–Crippen MR) is 127 cm³/mol. The normalized spacial score (nSPS) is 43.1. The molecule has 7 rings (SSSR count). The first-order valence-corrected chi connectivity index (χ1v) is 12.5. The van der Waals surface area contributed by atoms with E-state index in [4.69, 9.17) is 5.73 Å². The molecule has 31 heavy (non-hydrogen) atoms. The number of rotatable bonds is 1. The fourth-order valence-electron chi connectivity index (χ4n) is 9.22. The molecule has 2 bridgehead atoms. The van der Waals surface area contributed by atoms with E-state index in [9.17, 15) is 0 Å². The molecule has 2 spiro atoms. The van der Waals surface area contributed by atoms with Crippen molar-refractivity contribution >= 4 is 10.8 Å². The number of allylic oxidation sites excluding steroid dienone is 4. The number of benzene rings is 1. The van der Waals surface area contributed by atoms with Crippen molar-refractivity contribution < 1.29 is 0 Å². The molecule has 2 N–H and O–H groups in total. The van der Waals surface area contributed by atoms with Gasteiger partial charge >= 0.3 is 0 Å². The van der Waals surface area contributed by atoms with Gasteiger partial charge in [-0.05, 0) is 115 Å². The lowest BCUT2D eigenvalue weighted by atomic mass is 9.50. The van der Waals surface area contributed by atoms with E-state index in [1.807, 2.05) is 12.4 Å². The number of aromatic nitrogens is 1. The smallest absolute Gasteiger partial charge is 0.0346 e. The summed E-state index contributed by atoms with van der Waals surface area (Å²) in [5.74, 6) is 1.47. The van der Waals surface area contributed by atoms with Crippen LogP contribution in [-0.2, 0) is 0 Å². The molecule has 0 unspecified atom stereocenters. The lowest BCUT2D eigenvalue weighted by molar-refractivity contribution is 0.0552. The molecule has 1 heterocycles. The fourth-order valence-corrected chi connectivity index (χ4v) is 9.22. The van der Waals surface area contributed by atoms with Crippen molar-refractivity contribution in [3.05, 3.63) is 65.5 Å². The third kappa shape index (κ3) is 2.35. The van der Waals surface area contributed by atoms with Crippen molar-refractivity contribution in [3.63, 3.8) is 0 Å². The first-order chi connectivity index (χ1) is 15.0. The van der Waals surface area contributed by atoms with Gasteiger partial charge in [0, 0.05) is 23.8 Å². The number of nitrogens with two attached hydrogens (primary N) is 1. The van der Waals surface area contributed by atoms with Gasteiger partial charge in [-0.2, -0.15) is 0 Å². The van der Waals surface area contributed by atoms with Crippen LogP contribution in [0.4, 0.5) is 0 Å². The number of hydrogen-bond donors (Lipinski definition) is 1. The number of nitrogens with zero attached hydrogens (tertiary/aromatic N) is 1. The lowest BCUT2D eigenvalue weighted by Crippen LogP contribution is -2.46. The van der Waals surface area contributed by atoms with E-state index in [0.29, 0.717) is 28.2 Å². The van der Waals surface area contributed by atoms with E-state index >= 15 is 0 Å². The Labute approximate surface area is 186 Å². The highest BCUT2D eigenvalue weighted by Gasteiger charge is 2.65. The van der Waals surface area contributed by atoms with E-state index in [-0.39, 0.29) is 0 Å². The van der Waals surface area contributed by atoms with Crippen molar-refractivity contribution in [3.8, 4) is 0 Å². The molecule has 2 nitrogen and oxygen atoms in total. The molecule has 0 saturated heterocycles. The van der Waals surface area contributed by atoms with Gasteiger partial charge in [0.2, 0.25) is 0 Å². The third-order valence-electron chi connectivity index (χ3n) is 10.6. The Morgan fingerprint density at radius 2 is 2.00 bits per heavy atom. The van der Waals surface area contributed by atoms with E-state index in [0.717, 1.165) is 5.92 Å². The van der Waals surface area contributed by atoms with Crippen LogP contribution in [0.2, 0.25) is 0 Å². The summed E-state index contributed by atoms with van der Waals surface area (Å²) < 4.78 is 0. The van der Waals surface area contributed by atoms with Gasteiger partial charge in [-0.3, -0.25) is 4.98 Å². The van der Waals surface area contributed by atoms with Crippen molar-refractivity contribution in [2.75, 3.05) is 0 Å². The highest BCUT2D eigenvalue weighted by Crippen LogP contribution is 2.74. The maximum atomic E-state index is 6.52. The van der Waals surface area contributed by atoms with Gasteiger partial charge in [-0.15, -0.1) is 0 Å². The highest BCUT2D eigenvalue weighted by atomic mass is 14.7. The van der Waals surface area contributed by atoms with Crippen LogP contribution < -0.4 is 5.73 Å². The number of hydrogen-bond acceptors (Lipinski definition) is 2. The molecule has 6 atom stereocenters. The van der Waals surface area contributed by atoms with Crippen LogP contribution in [0.25, 0.3) is 10.8 Å². The molecule has 5 aliphatic carbocycles. The lowest BCUT2D eigenvalue weighted by Gasteiger charge is -2.54. The van der Waals surface area contributed by atoms with Crippen LogP contribution in [0.5, 0.6) is 0 Å². The first kappa shape index (κ1) is 18.6. The summed E-state index contributed by atoms with van der Waals surface area (Å²) in [6.45, 7) is 2.63. The second kappa shape index (κ2) is 6.10. The molecule has 2 heteroatoms. The summed E-state index contributed by atoms with van der Waals surface area (Å²) in [6.07, 6.45) is 21.1. The van der Waals surface area contributed by atoms with Crippen LogP contribution in [0, 0.1) is 22.2 Å². The Balaban J connectivity index is 1.31. The standard InChI is InChI=1S/C29H34N2/c1-27-10-8-23-15-22-4-5-24(30)16-28(22)11-12-29(23,18-28)26(27)7-6-25(27)20-3-2-19-9-13-31-17-21(19)14-20/h2-3,8-9,13-15,17,24-26H,4-7,10-12,16,18,30H2,1H3/t24-,25-,26-,27-,28+,29-/m1/s1. The zero-order valence-corrected chi connectivity index (χ0v) is 18.7. The summed E-state index contributed by atoms with van der Waals surface area (Å²) in [5.41, 5.74) is 12.7. The predicted octanol–water partition coefficient (Wildman–Crippen LogP) is 6.67. The minimum atomic E-state index is 0.368. The van der Waals surface area contributed by atoms with E-state index in [1.165, 1.54) is 74.1 Å². The van der Waals surface area contributed by atoms with Gasteiger partial charge in [-0.25, -0.2) is 0 Å². The average molecular weight is 411 g/mol. The monoisotopic (exact) mass is 410 g/mol. The van der Waals surface area contributed by atoms with Crippen LogP contribution in [0.3, 0.4) is 0 Å². The number of pyridine rings is 1. The van der Waals surface area contributed by atoms with Gasteiger partial charge in [-0.1, -0.05) is 36.8 Å². The van der Waals surface area contributed by atoms with Crippen LogP contribution >= 0.6 is 0 Å². The Hall–Kier alpha value is -1.93. The molecule has 3 fully saturated rings. The molecule has 1 aromatic heterocycles. The van der Waals surface area contributed by atoms with Crippen LogP contribution in [-0.4, -0.2) is 11.0 Å². The maximum Gasteiger partial charge on any atom is 0.0346 e. The van der Waals surface area contributed by atoms with Crippen LogP contribution in [0.1, 0.15) is 76.2 Å². The van der Waals surface area contributed by atoms with Crippen molar-refractivity contribution in [2.45, 2.75) is 76.7 Å². The molecule has 5 aliphatic rings. The van der Waals surface area contributed by atoms with Crippen molar-refractivity contribution in [2.24, 2.45) is 27.9 Å². The first-order valence-electron chi connectivity index (χ1n) is 12.5. The minimum Gasteiger partial charge on any atom is -0.328 e. The highest BCUT2D eigenvalue weighted by molar-refractivity contribution is 5.82.